The highest BCUT2D eigenvalue weighted by molar-refractivity contribution is 5.96. The fourth-order valence-electron chi connectivity index (χ4n) is 2.48. The number of carbonyl (C=O) groups is 1. The van der Waals surface area contributed by atoms with Gasteiger partial charge in [-0.15, -0.1) is 0 Å². The number of ether oxygens (including phenoxy) is 1. The number of aromatic hydroxyl groups is 1. The molecule has 1 aliphatic heterocycles. The molecule has 1 aliphatic rings. The lowest BCUT2D eigenvalue weighted by Gasteiger charge is -2.34. The van der Waals surface area contributed by atoms with Gasteiger partial charge in [-0.2, -0.15) is 0 Å². The number of amides is 1. The van der Waals surface area contributed by atoms with E-state index in [2.05, 4.69) is 5.32 Å². The van der Waals surface area contributed by atoms with Crippen LogP contribution in [0.15, 0.2) is 12.1 Å². The predicted octanol–water partition coefficient (Wildman–Crippen LogP) is 1.70. The maximum absolute atomic E-state index is 12.6. The van der Waals surface area contributed by atoms with Gasteiger partial charge in [0.2, 0.25) is 5.91 Å². The second kappa shape index (κ2) is 5.81. The van der Waals surface area contributed by atoms with E-state index in [1.54, 1.807) is 19.1 Å². The van der Waals surface area contributed by atoms with Crippen LogP contribution in [0.3, 0.4) is 0 Å². The van der Waals surface area contributed by atoms with Crippen molar-refractivity contribution < 1.29 is 14.6 Å². The van der Waals surface area contributed by atoms with Crippen LogP contribution >= 0.6 is 0 Å². The number of carbonyl (C=O) groups excluding carboxylic acids is 1. The fraction of sp³-hybridized carbons (Fsp3) is 0.533. The van der Waals surface area contributed by atoms with Gasteiger partial charge in [-0.3, -0.25) is 4.79 Å². The third-order valence-electron chi connectivity index (χ3n) is 4.11. The van der Waals surface area contributed by atoms with Crippen molar-refractivity contribution in [3.05, 3.63) is 23.3 Å². The van der Waals surface area contributed by atoms with Crippen LogP contribution in [0, 0.1) is 19.3 Å². The van der Waals surface area contributed by atoms with Gasteiger partial charge in [0.1, 0.15) is 5.75 Å². The Labute approximate surface area is 119 Å². The molecule has 0 saturated carbocycles. The zero-order valence-electron chi connectivity index (χ0n) is 12.0. The van der Waals surface area contributed by atoms with Gasteiger partial charge >= 0.3 is 0 Å². The second-order valence-electron chi connectivity index (χ2n) is 5.50. The van der Waals surface area contributed by atoms with Gasteiger partial charge in [0, 0.05) is 25.4 Å². The minimum Gasteiger partial charge on any atom is -0.508 e. The lowest BCUT2D eigenvalue weighted by atomic mass is 9.79. The second-order valence-corrected chi connectivity index (χ2v) is 5.50. The zero-order valence-corrected chi connectivity index (χ0v) is 12.0. The van der Waals surface area contributed by atoms with Crippen molar-refractivity contribution >= 4 is 11.6 Å². The quantitative estimate of drug-likeness (QED) is 0.735. The summed E-state index contributed by atoms with van der Waals surface area (Å²) in [7, 11) is 0. The lowest BCUT2D eigenvalue weighted by Crippen LogP contribution is -2.46. The normalized spacial score (nSPS) is 17.8. The van der Waals surface area contributed by atoms with E-state index in [1.165, 1.54) is 0 Å². The Morgan fingerprint density at radius 3 is 2.60 bits per heavy atom. The van der Waals surface area contributed by atoms with E-state index in [0.29, 0.717) is 32.6 Å². The number of anilines is 1. The van der Waals surface area contributed by atoms with Crippen molar-refractivity contribution in [2.45, 2.75) is 26.7 Å². The summed E-state index contributed by atoms with van der Waals surface area (Å²) in [6.07, 6.45) is 1.29. The van der Waals surface area contributed by atoms with Crippen LogP contribution in [-0.2, 0) is 9.53 Å². The maximum Gasteiger partial charge on any atom is 0.232 e. The minimum atomic E-state index is -0.545. The largest absolute Gasteiger partial charge is 0.508 e. The summed E-state index contributed by atoms with van der Waals surface area (Å²) >= 11 is 0. The minimum absolute atomic E-state index is 0.0588. The molecule has 2 rings (SSSR count). The summed E-state index contributed by atoms with van der Waals surface area (Å²) in [4.78, 5) is 12.6. The van der Waals surface area contributed by atoms with Gasteiger partial charge in [-0.05, 0) is 49.9 Å². The van der Waals surface area contributed by atoms with E-state index in [-0.39, 0.29) is 11.7 Å². The van der Waals surface area contributed by atoms with E-state index in [1.807, 2.05) is 6.92 Å². The van der Waals surface area contributed by atoms with E-state index in [0.717, 1.165) is 16.8 Å². The molecule has 1 saturated heterocycles. The molecule has 0 bridgehead atoms. The third kappa shape index (κ3) is 2.78. The van der Waals surface area contributed by atoms with Crippen LogP contribution in [0.25, 0.3) is 0 Å². The average Bonchev–Trinajstić information content (AvgIpc) is 2.45. The van der Waals surface area contributed by atoms with E-state index >= 15 is 0 Å². The smallest absolute Gasteiger partial charge is 0.232 e. The molecule has 0 radical (unpaired) electrons. The van der Waals surface area contributed by atoms with Gasteiger partial charge < -0.3 is 20.9 Å². The van der Waals surface area contributed by atoms with Crippen LogP contribution < -0.4 is 11.1 Å². The molecule has 1 amide bonds. The van der Waals surface area contributed by atoms with Crippen molar-refractivity contribution in [2.24, 2.45) is 11.1 Å². The lowest BCUT2D eigenvalue weighted by molar-refractivity contribution is -0.130. The van der Waals surface area contributed by atoms with Crippen LogP contribution in [0.4, 0.5) is 5.69 Å². The number of hydrogen-bond donors (Lipinski definition) is 3. The zero-order chi connectivity index (χ0) is 14.8. The van der Waals surface area contributed by atoms with Gasteiger partial charge in [0.15, 0.2) is 0 Å². The number of hydrogen-bond acceptors (Lipinski definition) is 4. The summed E-state index contributed by atoms with van der Waals surface area (Å²) in [5.74, 6) is 0.177. The highest BCUT2D eigenvalue weighted by Crippen LogP contribution is 2.32. The van der Waals surface area contributed by atoms with Gasteiger partial charge in [-0.1, -0.05) is 0 Å². The molecule has 1 heterocycles. The Bertz CT molecular complexity index is 508. The van der Waals surface area contributed by atoms with E-state index in [9.17, 15) is 9.90 Å². The van der Waals surface area contributed by atoms with Crippen molar-refractivity contribution in [2.75, 3.05) is 25.1 Å². The maximum atomic E-state index is 12.6. The SMILES string of the molecule is Cc1cc(NC(=O)C2(CN)CCOCC2)c(C)cc1O. The first-order valence-electron chi connectivity index (χ1n) is 6.88. The molecule has 4 N–H and O–H groups in total. The van der Waals surface area contributed by atoms with E-state index < -0.39 is 5.41 Å². The molecule has 5 nitrogen and oxygen atoms in total. The topological polar surface area (TPSA) is 84.6 Å². The first-order valence-corrected chi connectivity index (χ1v) is 6.88. The van der Waals surface area contributed by atoms with Gasteiger partial charge in [0.25, 0.3) is 0 Å². The first kappa shape index (κ1) is 14.8. The number of nitrogens with one attached hydrogen (secondary N) is 1. The highest BCUT2D eigenvalue weighted by atomic mass is 16.5. The van der Waals surface area contributed by atoms with Crippen molar-refractivity contribution in [3.63, 3.8) is 0 Å². The van der Waals surface area contributed by atoms with Crippen LogP contribution in [-0.4, -0.2) is 30.8 Å². The Balaban J connectivity index is 2.20. The summed E-state index contributed by atoms with van der Waals surface area (Å²) in [6.45, 7) is 5.11. The molecular weight excluding hydrogens is 256 g/mol. The average molecular weight is 278 g/mol. The molecule has 1 aromatic rings. The summed E-state index contributed by atoms with van der Waals surface area (Å²) in [6, 6.07) is 3.44. The number of phenols is 1. The molecule has 0 aliphatic carbocycles. The molecular formula is C15H22N2O3. The molecule has 110 valence electrons. The Kier molecular flexibility index (Phi) is 4.30. The molecule has 0 atom stereocenters. The van der Waals surface area contributed by atoms with Crippen LogP contribution in [0.5, 0.6) is 5.75 Å². The van der Waals surface area contributed by atoms with Crippen molar-refractivity contribution in [1.29, 1.82) is 0 Å². The number of benzene rings is 1. The Hall–Kier alpha value is -1.59. The molecule has 0 aromatic heterocycles. The monoisotopic (exact) mass is 278 g/mol. The Morgan fingerprint density at radius 2 is 2.00 bits per heavy atom. The molecule has 20 heavy (non-hydrogen) atoms. The Morgan fingerprint density at radius 1 is 1.35 bits per heavy atom. The highest BCUT2D eigenvalue weighted by Gasteiger charge is 2.38. The molecule has 1 fully saturated rings. The fourth-order valence-corrected chi connectivity index (χ4v) is 2.48. The number of nitrogens with two attached hydrogens (primary N) is 1. The van der Waals surface area contributed by atoms with Crippen LogP contribution in [0.1, 0.15) is 24.0 Å². The predicted molar refractivity (Wildman–Crippen MR) is 77.8 cm³/mol. The standard InChI is InChI=1S/C15H22N2O3/c1-10-8-13(18)11(2)7-12(10)17-14(19)15(9-16)3-5-20-6-4-15/h7-8,18H,3-6,9,16H2,1-2H3,(H,17,19). The molecule has 5 heteroatoms. The molecule has 0 unspecified atom stereocenters. The number of rotatable bonds is 3. The number of phenolic OH excluding ortho intramolecular Hbond substituents is 1. The van der Waals surface area contributed by atoms with Crippen molar-refractivity contribution in [1.82, 2.24) is 0 Å². The number of aryl methyl sites for hydroxylation is 2. The molecule has 1 aromatic carbocycles. The summed E-state index contributed by atoms with van der Waals surface area (Å²) in [5.41, 5.74) is 7.58. The van der Waals surface area contributed by atoms with E-state index in [4.69, 9.17) is 10.5 Å². The first-order chi connectivity index (χ1) is 9.48. The third-order valence-corrected chi connectivity index (χ3v) is 4.11. The van der Waals surface area contributed by atoms with Crippen molar-refractivity contribution in [3.8, 4) is 5.75 Å². The summed E-state index contributed by atoms with van der Waals surface area (Å²) < 4.78 is 5.32. The molecule has 0 spiro atoms. The van der Waals surface area contributed by atoms with Gasteiger partial charge in [0.05, 0.1) is 5.41 Å². The van der Waals surface area contributed by atoms with Gasteiger partial charge in [-0.25, -0.2) is 0 Å². The summed E-state index contributed by atoms with van der Waals surface area (Å²) in [5, 5.41) is 12.6. The van der Waals surface area contributed by atoms with Crippen LogP contribution in [0.2, 0.25) is 0 Å².